The molecule has 1 fully saturated rings. The number of carbonyl (C=O) groups is 1. The number of aromatic nitrogens is 2. The molecule has 0 radical (unpaired) electrons. The Hall–Kier alpha value is -3.65. The highest BCUT2D eigenvalue weighted by Gasteiger charge is 2.22. The van der Waals surface area contributed by atoms with Crippen molar-refractivity contribution >= 4 is 34.2 Å². The van der Waals surface area contributed by atoms with E-state index in [0.717, 1.165) is 23.4 Å². The van der Waals surface area contributed by atoms with Crippen molar-refractivity contribution in [3.05, 3.63) is 65.7 Å². The van der Waals surface area contributed by atoms with Crippen LogP contribution in [0.4, 0.5) is 11.8 Å². The fourth-order valence-corrected chi connectivity index (χ4v) is 3.86. The summed E-state index contributed by atoms with van der Waals surface area (Å²) in [6.45, 7) is 6.58. The summed E-state index contributed by atoms with van der Waals surface area (Å²) < 4.78 is 11.5. The molecule has 1 aliphatic heterocycles. The molecule has 4 rings (SSSR count). The van der Waals surface area contributed by atoms with Crippen LogP contribution in [0.1, 0.15) is 42.8 Å². The molecule has 178 valence electrons. The first-order chi connectivity index (χ1) is 16.6. The lowest BCUT2D eigenvalue weighted by atomic mass is 10.1. The van der Waals surface area contributed by atoms with Gasteiger partial charge in [0.25, 0.3) is 0 Å². The number of fused-ring (bicyclic) bond motifs is 1. The number of nitrogens with zero attached hydrogens (tertiary/aromatic N) is 3. The number of hydrogen-bond acceptors (Lipinski definition) is 8. The molecule has 3 aromatic rings. The number of anilines is 2. The van der Waals surface area contributed by atoms with Crippen molar-refractivity contribution in [2.75, 3.05) is 43.6 Å². The smallest absolute Gasteiger partial charge is 0.231 e. The maximum atomic E-state index is 12.5. The van der Waals surface area contributed by atoms with Crippen molar-refractivity contribution in [3.63, 3.8) is 0 Å². The van der Waals surface area contributed by atoms with Crippen LogP contribution in [0.3, 0.4) is 0 Å². The number of hydrogen-bond donors (Lipinski definition) is 2. The molecule has 0 aliphatic carbocycles. The molecular formula is C26H31N5O3. The van der Waals surface area contributed by atoms with E-state index in [1.807, 2.05) is 45.2 Å². The van der Waals surface area contributed by atoms with E-state index in [4.69, 9.17) is 14.1 Å². The van der Waals surface area contributed by atoms with Gasteiger partial charge in [0.2, 0.25) is 5.95 Å². The highest BCUT2D eigenvalue weighted by Crippen LogP contribution is 2.30. The number of carbonyl (C=O) groups excluding carboxylic acids is 1. The van der Waals surface area contributed by atoms with Gasteiger partial charge in [0, 0.05) is 32.6 Å². The zero-order valence-corrected chi connectivity index (χ0v) is 19.9. The van der Waals surface area contributed by atoms with Crippen LogP contribution in [-0.4, -0.2) is 49.1 Å². The Morgan fingerprint density at radius 2 is 1.94 bits per heavy atom. The Bertz CT molecular complexity index is 1190. The van der Waals surface area contributed by atoms with Gasteiger partial charge in [0.15, 0.2) is 22.9 Å². The van der Waals surface area contributed by atoms with Crippen LogP contribution in [0.5, 0.6) is 0 Å². The van der Waals surface area contributed by atoms with Gasteiger partial charge in [-0.25, -0.2) is 4.98 Å². The normalized spacial score (nSPS) is 15.0. The summed E-state index contributed by atoms with van der Waals surface area (Å²) in [6.07, 6.45) is 5.27. The monoisotopic (exact) mass is 461 g/mol. The van der Waals surface area contributed by atoms with E-state index in [1.165, 1.54) is 0 Å². The van der Waals surface area contributed by atoms with Crippen molar-refractivity contribution in [2.24, 2.45) is 0 Å². The third-order valence-electron chi connectivity index (χ3n) is 5.65. The second-order valence-corrected chi connectivity index (χ2v) is 8.01. The van der Waals surface area contributed by atoms with Crippen LogP contribution in [0, 0.1) is 0 Å². The average molecular weight is 462 g/mol. The summed E-state index contributed by atoms with van der Waals surface area (Å²) in [4.78, 5) is 24.0. The summed E-state index contributed by atoms with van der Waals surface area (Å²) in [7, 11) is 1.85. The number of allylic oxidation sites excluding steroid dienone is 3. The molecule has 1 aromatic carbocycles. The quantitative estimate of drug-likeness (QED) is 0.352. The van der Waals surface area contributed by atoms with E-state index in [2.05, 4.69) is 38.7 Å². The highest BCUT2D eigenvalue weighted by atomic mass is 16.5. The van der Waals surface area contributed by atoms with Gasteiger partial charge >= 0.3 is 0 Å². The molecule has 0 spiro atoms. The predicted molar refractivity (Wildman–Crippen MR) is 135 cm³/mol. The summed E-state index contributed by atoms with van der Waals surface area (Å²) in [6, 6.07) is 11.9. The van der Waals surface area contributed by atoms with Crippen LogP contribution in [0.25, 0.3) is 16.7 Å². The van der Waals surface area contributed by atoms with Gasteiger partial charge in [-0.3, -0.25) is 4.79 Å². The molecule has 8 nitrogen and oxygen atoms in total. The Labute approximate surface area is 199 Å². The molecule has 0 amide bonds. The van der Waals surface area contributed by atoms with Gasteiger partial charge in [-0.1, -0.05) is 43.3 Å². The first kappa shape index (κ1) is 23.5. The first-order valence-electron chi connectivity index (χ1n) is 11.7. The van der Waals surface area contributed by atoms with Crippen molar-refractivity contribution in [3.8, 4) is 0 Å². The van der Waals surface area contributed by atoms with E-state index in [9.17, 15) is 4.79 Å². The van der Waals surface area contributed by atoms with Gasteiger partial charge in [-0.2, -0.15) is 4.98 Å². The molecule has 34 heavy (non-hydrogen) atoms. The lowest BCUT2D eigenvalue weighted by Gasteiger charge is -2.27. The minimum Gasteiger partial charge on any atom is -0.447 e. The van der Waals surface area contributed by atoms with E-state index in [-0.39, 0.29) is 5.78 Å². The maximum absolute atomic E-state index is 12.5. The fraction of sp³-hybridized carbons (Fsp3) is 0.346. The minimum absolute atomic E-state index is 0.0284. The molecule has 0 bridgehead atoms. The second kappa shape index (κ2) is 11.0. The van der Waals surface area contributed by atoms with Crippen LogP contribution in [0.15, 0.2) is 58.8 Å². The van der Waals surface area contributed by atoms with Crippen molar-refractivity contribution in [2.45, 2.75) is 26.7 Å². The summed E-state index contributed by atoms with van der Waals surface area (Å²) in [5, 5.41) is 6.49. The minimum atomic E-state index is -0.0284. The number of ether oxygens (including phenoxy) is 1. The van der Waals surface area contributed by atoms with Crippen LogP contribution in [-0.2, 0) is 4.74 Å². The second-order valence-electron chi connectivity index (χ2n) is 8.01. The number of Topliss-reactive ketones (excluding diaryl/α,β-unsaturated/α-hetero) is 1. The Kier molecular flexibility index (Phi) is 7.59. The number of rotatable bonds is 9. The van der Waals surface area contributed by atoms with Crippen molar-refractivity contribution < 1.29 is 13.9 Å². The predicted octanol–water partition coefficient (Wildman–Crippen LogP) is 4.62. The Balaban J connectivity index is 1.71. The Morgan fingerprint density at radius 1 is 1.18 bits per heavy atom. The number of morpholine rings is 1. The first-order valence-corrected chi connectivity index (χ1v) is 11.7. The topological polar surface area (TPSA) is 92.5 Å². The average Bonchev–Trinajstić information content (AvgIpc) is 3.31. The number of furan rings is 1. The fourth-order valence-electron chi connectivity index (χ4n) is 3.86. The lowest BCUT2D eigenvalue weighted by molar-refractivity contribution is 0.0957. The van der Waals surface area contributed by atoms with Crippen LogP contribution < -0.4 is 15.5 Å². The maximum Gasteiger partial charge on any atom is 0.231 e. The molecule has 8 heteroatoms. The Morgan fingerprint density at radius 3 is 2.62 bits per heavy atom. The summed E-state index contributed by atoms with van der Waals surface area (Å²) >= 11 is 0. The lowest BCUT2D eigenvalue weighted by Crippen LogP contribution is -2.37. The molecule has 2 N–H and O–H groups in total. The van der Waals surface area contributed by atoms with Crippen LogP contribution >= 0.6 is 0 Å². The molecule has 0 saturated carbocycles. The van der Waals surface area contributed by atoms with Gasteiger partial charge in [-0.15, -0.1) is 0 Å². The molecule has 2 aromatic heterocycles. The van der Waals surface area contributed by atoms with Crippen molar-refractivity contribution in [1.82, 2.24) is 15.3 Å². The van der Waals surface area contributed by atoms with E-state index in [1.54, 1.807) is 6.07 Å². The van der Waals surface area contributed by atoms with E-state index < -0.39 is 0 Å². The zero-order valence-electron chi connectivity index (χ0n) is 19.9. The highest BCUT2D eigenvalue weighted by molar-refractivity contribution is 5.98. The third kappa shape index (κ3) is 5.28. The molecule has 0 atom stereocenters. The van der Waals surface area contributed by atoms with E-state index >= 15 is 0 Å². The summed E-state index contributed by atoms with van der Waals surface area (Å²) in [5.41, 5.74) is 3.30. The molecule has 1 aliphatic rings. The summed E-state index contributed by atoms with van der Waals surface area (Å²) in [5.74, 6) is 2.13. The van der Waals surface area contributed by atoms with Gasteiger partial charge in [0.05, 0.1) is 13.2 Å². The molecule has 3 heterocycles. The van der Waals surface area contributed by atoms with Gasteiger partial charge in [-0.05, 0) is 30.6 Å². The van der Waals surface area contributed by atoms with Crippen molar-refractivity contribution in [1.29, 1.82) is 0 Å². The van der Waals surface area contributed by atoms with Gasteiger partial charge < -0.3 is 24.7 Å². The van der Waals surface area contributed by atoms with Gasteiger partial charge in [0.1, 0.15) is 11.3 Å². The standard InChI is InChI=1S/C26H31N5O3/c1-4-9-21(32)22-17-20-24(34-22)25(31-12-14-33-15-13-31)30-26(28-20)29-23(27-3)16-18(5-2)19-10-7-6-8-11-19/h5-8,10-11,16-17,27H,4,9,12-15H2,1-3H3,(H,28,29,30)/b18-5+,23-16+. The van der Waals surface area contributed by atoms with E-state index in [0.29, 0.717) is 61.4 Å². The number of nitrogens with one attached hydrogen (secondary N) is 2. The third-order valence-corrected chi connectivity index (χ3v) is 5.65. The molecule has 1 saturated heterocycles. The SMILES string of the molecule is C/C=C(\C=C(/NC)Nc1nc(N2CCOCC2)c2oc(C(=O)CCC)cc2n1)c1ccccc1. The zero-order chi connectivity index (χ0) is 23.9. The number of benzene rings is 1. The number of ketones is 1. The largest absolute Gasteiger partial charge is 0.447 e. The molecular weight excluding hydrogens is 430 g/mol. The van der Waals surface area contributed by atoms with Crippen LogP contribution in [0.2, 0.25) is 0 Å². The molecule has 0 unspecified atom stereocenters.